The molecule has 21 heavy (non-hydrogen) atoms. The van der Waals surface area contributed by atoms with Crippen molar-refractivity contribution in [2.45, 2.75) is 6.10 Å². The van der Waals surface area contributed by atoms with Gasteiger partial charge in [0.2, 0.25) is 0 Å². The topological polar surface area (TPSA) is 48.1 Å². The van der Waals surface area contributed by atoms with Crippen LogP contribution in [0.15, 0.2) is 60.8 Å². The van der Waals surface area contributed by atoms with Crippen molar-refractivity contribution >= 4 is 22.5 Å². The molecule has 0 saturated heterocycles. The minimum atomic E-state index is -0.241. The minimum Gasteiger partial charge on any atom is -0.484 e. The monoisotopic (exact) mass is 298 g/mol. The van der Waals surface area contributed by atoms with Crippen molar-refractivity contribution in [1.29, 1.82) is 0 Å². The number of ether oxygens (including phenoxy) is 1. The average Bonchev–Trinajstić information content (AvgIpc) is 2.52. The zero-order valence-corrected chi connectivity index (χ0v) is 12.1. The van der Waals surface area contributed by atoms with Crippen molar-refractivity contribution in [3.63, 3.8) is 0 Å². The van der Waals surface area contributed by atoms with Crippen molar-refractivity contribution in [3.8, 4) is 5.75 Å². The van der Waals surface area contributed by atoms with Gasteiger partial charge in [-0.25, -0.2) is 0 Å². The lowest BCUT2D eigenvalue weighted by molar-refractivity contribution is 0.217. The molecule has 4 heteroatoms. The van der Waals surface area contributed by atoms with Gasteiger partial charge in [0.25, 0.3) is 0 Å². The first-order valence-electron chi connectivity index (χ1n) is 6.74. The van der Waals surface area contributed by atoms with Gasteiger partial charge in [-0.2, -0.15) is 0 Å². The summed E-state index contributed by atoms with van der Waals surface area (Å²) >= 11 is 6.04. The number of hydrogen-bond acceptors (Lipinski definition) is 3. The lowest BCUT2D eigenvalue weighted by Gasteiger charge is -2.19. The third-order valence-electron chi connectivity index (χ3n) is 3.31. The summed E-state index contributed by atoms with van der Waals surface area (Å²) in [6.07, 6.45) is 1.53. The first-order chi connectivity index (χ1) is 10.3. The number of rotatable bonds is 4. The molecule has 106 valence electrons. The van der Waals surface area contributed by atoms with Gasteiger partial charge in [-0.05, 0) is 42.0 Å². The molecule has 3 aromatic rings. The highest BCUT2D eigenvalue weighted by atomic mass is 35.5. The first-order valence-corrected chi connectivity index (χ1v) is 7.11. The number of aromatic nitrogens is 1. The molecule has 0 radical (unpaired) electrons. The van der Waals surface area contributed by atoms with Gasteiger partial charge >= 0.3 is 0 Å². The summed E-state index contributed by atoms with van der Waals surface area (Å²) in [6, 6.07) is 17.3. The Labute approximate surface area is 128 Å². The van der Waals surface area contributed by atoms with Crippen molar-refractivity contribution in [2.24, 2.45) is 5.73 Å². The number of hydrogen-bond donors (Lipinski definition) is 1. The number of fused-ring (bicyclic) bond motifs is 1. The van der Waals surface area contributed by atoms with E-state index >= 15 is 0 Å². The maximum absolute atomic E-state index is 6.09. The third kappa shape index (κ3) is 2.99. The maximum Gasteiger partial charge on any atom is 0.136 e. The van der Waals surface area contributed by atoms with Crippen LogP contribution in [0.5, 0.6) is 5.75 Å². The van der Waals surface area contributed by atoms with E-state index in [1.54, 1.807) is 6.20 Å². The quantitative estimate of drug-likeness (QED) is 0.793. The highest BCUT2D eigenvalue weighted by molar-refractivity contribution is 6.30. The molecule has 0 bridgehead atoms. The number of pyridine rings is 1. The fraction of sp³-hybridized carbons (Fsp3) is 0.118. The molecule has 0 saturated carbocycles. The molecule has 0 aliphatic carbocycles. The molecule has 1 heterocycles. The summed E-state index contributed by atoms with van der Waals surface area (Å²) in [5, 5.41) is 1.65. The van der Waals surface area contributed by atoms with Crippen LogP contribution in [0.2, 0.25) is 5.02 Å². The Balaban J connectivity index is 1.96. The number of nitrogens with zero attached hydrogens (tertiary/aromatic N) is 1. The van der Waals surface area contributed by atoms with E-state index in [0.717, 1.165) is 22.2 Å². The highest BCUT2D eigenvalue weighted by Crippen LogP contribution is 2.29. The molecule has 1 unspecified atom stereocenters. The second-order valence-electron chi connectivity index (χ2n) is 4.72. The summed E-state index contributed by atoms with van der Waals surface area (Å²) in [6.45, 7) is 0.372. The Morgan fingerprint density at radius 1 is 1.10 bits per heavy atom. The fourth-order valence-electron chi connectivity index (χ4n) is 2.29. The van der Waals surface area contributed by atoms with Gasteiger partial charge in [0.1, 0.15) is 11.9 Å². The molecule has 2 N–H and O–H groups in total. The van der Waals surface area contributed by atoms with Crippen LogP contribution in [0.4, 0.5) is 0 Å². The molecule has 0 aliphatic heterocycles. The van der Waals surface area contributed by atoms with Gasteiger partial charge in [-0.3, -0.25) is 4.98 Å². The highest BCUT2D eigenvalue weighted by Gasteiger charge is 2.13. The van der Waals surface area contributed by atoms with Gasteiger partial charge in [-0.1, -0.05) is 29.8 Å². The standard InChI is InChI=1S/C17H15ClN2O/c18-13-5-1-4-12(10-13)17(11-19)21-16-8-2-7-15-14(16)6-3-9-20-15/h1-10,17H,11,19H2. The normalized spacial score (nSPS) is 12.3. The third-order valence-corrected chi connectivity index (χ3v) is 3.54. The maximum atomic E-state index is 6.09. The molecule has 0 aliphatic rings. The predicted molar refractivity (Wildman–Crippen MR) is 85.6 cm³/mol. The van der Waals surface area contributed by atoms with Gasteiger partial charge in [0, 0.05) is 23.2 Å². The van der Waals surface area contributed by atoms with E-state index in [2.05, 4.69) is 4.98 Å². The zero-order chi connectivity index (χ0) is 14.7. The van der Waals surface area contributed by atoms with Crippen molar-refractivity contribution in [1.82, 2.24) is 4.98 Å². The largest absolute Gasteiger partial charge is 0.484 e. The summed E-state index contributed by atoms with van der Waals surface area (Å²) in [4.78, 5) is 4.33. The van der Waals surface area contributed by atoms with Gasteiger partial charge < -0.3 is 10.5 Å². The summed E-state index contributed by atoms with van der Waals surface area (Å²) < 4.78 is 6.09. The first kappa shape index (κ1) is 13.9. The Kier molecular flexibility index (Phi) is 4.04. The number of benzene rings is 2. The van der Waals surface area contributed by atoms with E-state index in [0.29, 0.717) is 11.6 Å². The summed E-state index contributed by atoms with van der Waals surface area (Å²) in [5.41, 5.74) is 7.73. The average molecular weight is 299 g/mol. The molecule has 3 nitrogen and oxygen atoms in total. The van der Waals surface area contributed by atoms with Gasteiger partial charge in [0.05, 0.1) is 5.52 Å². The van der Waals surface area contributed by atoms with E-state index in [4.69, 9.17) is 22.1 Å². The summed E-state index contributed by atoms with van der Waals surface area (Å²) in [7, 11) is 0. The molecule has 2 aromatic carbocycles. The van der Waals surface area contributed by atoms with E-state index in [1.165, 1.54) is 0 Å². The molecule has 0 fully saturated rings. The second-order valence-corrected chi connectivity index (χ2v) is 5.16. The zero-order valence-electron chi connectivity index (χ0n) is 11.4. The molecular formula is C17H15ClN2O. The van der Waals surface area contributed by atoms with Gasteiger partial charge in [-0.15, -0.1) is 0 Å². The van der Waals surface area contributed by atoms with Gasteiger partial charge in [0.15, 0.2) is 0 Å². The molecule has 1 atom stereocenters. The van der Waals surface area contributed by atoms with Crippen molar-refractivity contribution < 1.29 is 4.74 Å². The smallest absolute Gasteiger partial charge is 0.136 e. The second kappa shape index (κ2) is 6.12. The molecule has 3 rings (SSSR count). The Morgan fingerprint density at radius 2 is 1.95 bits per heavy atom. The van der Waals surface area contributed by atoms with E-state index in [9.17, 15) is 0 Å². The number of halogens is 1. The van der Waals surface area contributed by atoms with Crippen LogP contribution in [0.1, 0.15) is 11.7 Å². The lowest BCUT2D eigenvalue weighted by atomic mass is 10.1. The Morgan fingerprint density at radius 3 is 2.76 bits per heavy atom. The molecular weight excluding hydrogens is 284 g/mol. The number of nitrogens with two attached hydrogens (primary N) is 1. The Hall–Kier alpha value is -2.10. The van der Waals surface area contributed by atoms with Crippen molar-refractivity contribution in [2.75, 3.05) is 6.54 Å². The van der Waals surface area contributed by atoms with Crippen LogP contribution >= 0.6 is 11.6 Å². The molecule has 0 amide bonds. The molecule has 0 spiro atoms. The SMILES string of the molecule is NCC(Oc1cccc2ncccc12)c1cccc(Cl)c1. The Bertz CT molecular complexity index is 755. The van der Waals surface area contributed by atoms with Crippen LogP contribution in [0.3, 0.4) is 0 Å². The van der Waals surface area contributed by atoms with Crippen LogP contribution < -0.4 is 10.5 Å². The lowest BCUT2D eigenvalue weighted by Crippen LogP contribution is -2.18. The fourth-order valence-corrected chi connectivity index (χ4v) is 2.49. The minimum absolute atomic E-state index is 0.241. The van der Waals surface area contributed by atoms with Crippen LogP contribution in [-0.4, -0.2) is 11.5 Å². The molecule has 1 aromatic heterocycles. The summed E-state index contributed by atoms with van der Waals surface area (Å²) in [5.74, 6) is 0.774. The van der Waals surface area contributed by atoms with Crippen molar-refractivity contribution in [3.05, 3.63) is 71.4 Å². The van der Waals surface area contributed by atoms with E-state index in [-0.39, 0.29) is 6.10 Å². The van der Waals surface area contributed by atoms with E-state index < -0.39 is 0 Å². The van der Waals surface area contributed by atoms with Crippen LogP contribution in [0, 0.1) is 0 Å². The predicted octanol–water partition coefficient (Wildman–Crippen LogP) is 3.97. The van der Waals surface area contributed by atoms with Crippen LogP contribution in [-0.2, 0) is 0 Å². The van der Waals surface area contributed by atoms with E-state index in [1.807, 2.05) is 54.6 Å². The van der Waals surface area contributed by atoms with Crippen LogP contribution in [0.25, 0.3) is 10.9 Å².